The molecule has 0 aliphatic carbocycles. The number of rotatable bonds is 40. The van der Waals surface area contributed by atoms with Crippen LogP contribution in [0.1, 0.15) is 162 Å². The quantitative estimate of drug-likeness (QED) is 0.0200. The normalized spacial score (nSPS) is 15.1. The molecule has 334 valence electrons. The van der Waals surface area contributed by atoms with Crippen molar-refractivity contribution in [2.45, 2.75) is 180 Å². The lowest BCUT2D eigenvalue weighted by molar-refractivity contribution is -0.161. The van der Waals surface area contributed by atoms with E-state index in [0.29, 0.717) is 19.3 Å². The van der Waals surface area contributed by atoms with Gasteiger partial charge in [0, 0.05) is 12.8 Å². The van der Waals surface area contributed by atoms with E-state index >= 15 is 0 Å². The lowest BCUT2D eigenvalue weighted by Gasteiger charge is -2.20. The molecule has 0 aromatic rings. The number of carbonyl (C=O) groups is 2. The minimum Gasteiger partial charge on any atom is -0.462 e. The molecule has 0 aliphatic rings. The molecule has 4 N–H and O–H groups in total. The van der Waals surface area contributed by atoms with Gasteiger partial charge in [-0.2, -0.15) is 0 Å². The highest BCUT2D eigenvalue weighted by Crippen LogP contribution is 2.43. The Morgan fingerprint density at radius 3 is 1.55 bits per heavy atom. The summed E-state index contributed by atoms with van der Waals surface area (Å²) in [5.41, 5.74) is 0. The Hall–Kier alpha value is -2.63. The van der Waals surface area contributed by atoms with Gasteiger partial charge in [0.05, 0.1) is 25.9 Å². The molecule has 0 amide bonds. The van der Waals surface area contributed by atoms with Crippen molar-refractivity contribution in [2.24, 2.45) is 0 Å². The van der Waals surface area contributed by atoms with E-state index in [1.165, 1.54) is 38.5 Å². The maximum absolute atomic E-state index is 12.6. The number of allylic oxidation sites excluding steroid dienone is 12. The molecule has 12 heteroatoms. The van der Waals surface area contributed by atoms with Gasteiger partial charge in [-0.15, -0.1) is 0 Å². The topological polar surface area (TPSA) is 169 Å². The lowest BCUT2D eigenvalue weighted by atomic mass is 10.1. The van der Waals surface area contributed by atoms with Crippen LogP contribution in [0.25, 0.3) is 0 Å². The van der Waals surface area contributed by atoms with Gasteiger partial charge in [0.1, 0.15) is 12.7 Å². The Kier molecular flexibility index (Phi) is 39.3. The van der Waals surface area contributed by atoms with Crippen molar-refractivity contribution in [3.63, 3.8) is 0 Å². The van der Waals surface area contributed by atoms with Crippen LogP contribution in [-0.4, -0.2) is 76.9 Å². The Morgan fingerprint density at radius 2 is 1.02 bits per heavy atom. The second-order valence-corrected chi connectivity index (χ2v) is 16.1. The monoisotopic (exact) mass is 839 g/mol. The Balaban J connectivity index is 4.41. The minimum atomic E-state index is -4.64. The van der Waals surface area contributed by atoms with Crippen molar-refractivity contribution in [3.8, 4) is 0 Å². The van der Waals surface area contributed by atoms with Gasteiger partial charge in [0.2, 0.25) is 0 Å². The molecule has 4 atom stereocenters. The highest BCUT2D eigenvalue weighted by atomic mass is 31.2. The molecule has 0 bridgehead atoms. The molecule has 0 fully saturated rings. The van der Waals surface area contributed by atoms with E-state index < -0.39 is 51.8 Å². The average molecular weight is 839 g/mol. The lowest BCUT2D eigenvalue weighted by Crippen LogP contribution is -2.29. The van der Waals surface area contributed by atoms with E-state index in [1.807, 2.05) is 19.1 Å². The summed E-state index contributed by atoms with van der Waals surface area (Å²) >= 11 is 0. The Bertz CT molecular complexity index is 1210. The van der Waals surface area contributed by atoms with Crippen LogP contribution in [0.15, 0.2) is 72.9 Å². The fourth-order valence-electron chi connectivity index (χ4n) is 5.44. The van der Waals surface area contributed by atoms with Crippen molar-refractivity contribution in [3.05, 3.63) is 72.9 Å². The molecule has 0 radical (unpaired) electrons. The molecule has 0 saturated carbocycles. The van der Waals surface area contributed by atoms with Gasteiger partial charge in [-0.1, -0.05) is 125 Å². The van der Waals surface area contributed by atoms with E-state index in [0.717, 1.165) is 77.0 Å². The largest absolute Gasteiger partial charge is 0.472 e. The summed E-state index contributed by atoms with van der Waals surface area (Å²) in [6, 6.07) is 0. The summed E-state index contributed by atoms with van der Waals surface area (Å²) in [7, 11) is -4.64. The number of aliphatic hydroxyl groups is 3. The summed E-state index contributed by atoms with van der Waals surface area (Å²) in [5.74, 6) is -1.02. The van der Waals surface area contributed by atoms with Crippen molar-refractivity contribution < 1.29 is 52.9 Å². The van der Waals surface area contributed by atoms with Crippen LogP contribution in [0.5, 0.6) is 0 Å². The molecule has 0 heterocycles. The van der Waals surface area contributed by atoms with E-state index in [-0.39, 0.29) is 25.6 Å². The van der Waals surface area contributed by atoms with Crippen LogP contribution in [-0.2, 0) is 32.7 Å². The second kappa shape index (κ2) is 41.1. The van der Waals surface area contributed by atoms with Crippen molar-refractivity contribution in [1.29, 1.82) is 0 Å². The highest BCUT2D eigenvalue weighted by Gasteiger charge is 2.27. The molecule has 0 aromatic heterocycles. The molecule has 0 rings (SSSR count). The molecule has 1 unspecified atom stereocenters. The van der Waals surface area contributed by atoms with Gasteiger partial charge in [0.15, 0.2) is 6.10 Å². The number of phosphoric ester groups is 1. The summed E-state index contributed by atoms with van der Waals surface area (Å²) < 4.78 is 32.6. The first kappa shape index (κ1) is 55.4. The number of hydrogen-bond acceptors (Lipinski definition) is 10. The summed E-state index contributed by atoms with van der Waals surface area (Å²) in [6.45, 7) is 1.81. The number of ether oxygens (including phenoxy) is 2. The van der Waals surface area contributed by atoms with Gasteiger partial charge in [-0.05, 0) is 96.8 Å². The van der Waals surface area contributed by atoms with Crippen LogP contribution in [0.3, 0.4) is 0 Å². The third-order valence-corrected chi connectivity index (χ3v) is 9.80. The van der Waals surface area contributed by atoms with Gasteiger partial charge in [0.25, 0.3) is 0 Å². The number of esters is 2. The Labute approximate surface area is 351 Å². The molecule has 0 saturated heterocycles. The number of carbonyl (C=O) groups excluding carboxylic acids is 2. The maximum atomic E-state index is 12.6. The molecular weight excluding hydrogens is 759 g/mol. The summed E-state index contributed by atoms with van der Waals surface area (Å²) in [6.07, 6.45) is 44.3. The average Bonchev–Trinajstić information content (AvgIpc) is 3.20. The fraction of sp³-hybridized carbons (Fsp3) is 0.696. The van der Waals surface area contributed by atoms with Gasteiger partial charge in [-0.25, -0.2) is 4.57 Å². The molecular formula is C46H79O11P. The van der Waals surface area contributed by atoms with Gasteiger partial charge in [-0.3, -0.25) is 18.6 Å². The van der Waals surface area contributed by atoms with E-state index in [9.17, 15) is 29.3 Å². The zero-order chi connectivity index (χ0) is 42.8. The maximum Gasteiger partial charge on any atom is 0.472 e. The van der Waals surface area contributed by atoms with Gasteiger partial charge >= 0.3 is 19.8 Å². The predicted octanol–water partition coefficient (Wildman–Crippen LogP) is 10.6. The third kappa shape index (κ3) is 41.5. The number of aliphatic hydroxyl groups excluding tert-OH is 3. The number of phosphoric acid groups is 1. The zero-order valence-corrected chi connectivity index (χ0v) is 36.7. The van der Waals surface area contributed by atoms with E-state index in [4.69, 9.17) is 19.1 Å². The van der Waals surface area contributed by atoms with E-state index in [1.54, 1.807) is 0 Å². The van der Waals surface area contributed by atoms with Crippen LogP contribution >= 0.6 is 7.82 Å². The highest BCUT2D eigenvalue weighted by molar-refractivity contribution is 7.47. The smallest absolute Gasteiger partial charge is 0.462 e. The first-order valence-corrected chi connectivity index (χ1v) is 23.4. The first-order valence-electron chi connectivity index (χ1n) is 21.9. The third-order valence-electron chi connectivity index (χ3n) is 8.85. The summed E-state index contributed by atoms with van der Waals surface area (Å²) in [4.78, 5) is 35.0. The molecule has 0 spiro atoms. The molecule has 58 heavy (non-hydrogen) atoms. The van der Waals surface area contributed by atoms with Crippen molar-refractivity contribution in [2.75, 3.05) is 26.4 Å². The summed E-state index contributed by atoms with van der Waals surface area (Å²) in [5, 5.41) is 27.6. The first-order chi connectivity index (χ1) is 28.1. The number of hydrogen-bond donors (Lipinski definition) is 4. The standard InChI is InChI=1S/C46H79O11P/c1-3-4-5-6-7-8-9-10-11-12-15-19-22-25-28-31-34-37-46(51)57-44(41-56-58(52,53)55-39-43(49)38-47)40-54-45(50)36-33-30-27-24-21-18-16-13-14-17-20-23-26-29-32-35-42(2)48/h7-8,10-11,14,16-18,23-24,26-27,42-44,47-49H,3-6,9,12-13,15,19-22,25,28-41H2,1-2H3,(H,52,53)/b8-7-,11-10-,17-14-,18-16-,26-23-,27-24-/t42-,43+,44-/m1/s1. The van der Waals surface area contributed by atoms with Crippen LogP contribution in [0.2, 0.25) is 0 Å². The molecule has 11 nitrogen and oxygen atoms in total. The number of unbranched alkanes of at least 4 members (excludes halogenated alkanes) is 12. The van der Waals surface area contributed by atoms with Crippen molar-refractivity contribution >= 4 is 19.8 Å². The zero-order valence-electron chi connectivity index (χ0n) is 35.8. The fourth-order valence-corrected chi connectivity index (χ4v) is 6.23. The predicted molar refractivity (Wildman–Crippen MR) is 234 cm³/mol. The Morgan fingerprint density at radius 1 is 0.569 bits per heavy atom. The van der Waals surface area contributed by atoms with E-state index in [2.05, 4.69) is 72.2 Å². The van der Waals surface area contributed by atoms with Crippen LogP contribution in [0, 0.1) is 0 Å². The second-order valence-electron chi connectivity index (χ2n) is 14.6. The van der Waals surface area contributed by atoms with Gasteiger partial charge < -0.3 is 29.7 Å². The molecule has 0 aliphatic heterocycles. The van der Waals surface area contributed by atoms with Crippen molar-refractivity contribution in [1.82, 2.24) is 0 Å². The van der Waals surface area contributed by atoms with Crippen LogP contribution < -0.4 is 0 Å². The SMILES string of the molecule is CCCCC/C=C\C/C=C\CCCCCCCCCC(=O)O[C@H](COC(=O)CCC/C=C\C/C=C\C/C=C\C/C=C\CCC[C@@H](C)O)COP(=O)(O)OC[C@@H](O)CO. The minimum absolute atomic E-state index is 0.149. The van der Waals surface area contributed by atoms with Crippen LogP contribution in [0.4, 0.5) is 0 Å². The molecule has 0 aromatic carbocycles.